The molecule has 10 heteroatoms. The second-order valence-corrected chi connectivity index (χ2v) is 10.5. The van der Waals surface area contributed by atoms with E-state index < -0.39 is 15.8 Å². The van der Waals surface area contributed by atoms with Gasteiger partial charge in [0.25, 0.3) is 0 Å². The highest BCUT2D eigenvalue weighted by Crippen LogP contribution is 2.25. The standard InChI is InChI=1S/C24H31FN4O4S/c1-18-7-10-21(15-22(18)34(32,33)29-13-5-3-4-6-14-29)27-24(31)17-28(2)16-23(30)26-20-11-8-19(25)9-12-20/h7-12,15H,3-6,13-14,16-17H2,1-2H3,(H,26,30)(H,27,31). The lowest BCUT2D eigenvalue weighted by Crippen LogP contribution is -2.36. The summed E-state index contributed by atoms with van der Waals surface area (Å²) < 4.78 is 40.9. The zero-order valence-corrected chi connectivity index (χ0v) is 20.3. The van der Waals surface area contributed by atoms with Gasteiger partial charge < -0.3 is 10.6 Å². The maximum atomic E-state index is 13.2. The maximum absolute atomic E-state index is 13.2. The van der Waals surface area contributed by atoms with Crippen molar-refractivity contribution in [2.75, 3.05) is 43.9 Å². The van der Waals surface area contributed by atoms with Crippen LogP contribution in [0.25, 0.3) is 0 Å². The lowest BCUT2D eigenvalue weighted by Gasteiger charge is -2.22. The minimum Gasteiger partial charge on any atom is -0.325 e. The van der Waals surface area contributed by atoms with Crippen LogP contribution in [0.1, 0.15) is 31.2 Å². The summed E-state index contributed by atoms with van der Waals surface area (Å²) in [5.41, 5.74) is 1.46. The Hall–Kier alpha value is -2.82. The fourth-order valence-corrected chi connectivity index (χ4v) is 5.63. The number of anilines is 2. The smallest absolute Gasteiger partial charge is 0.243 e. The molecule has 0 saturated carbocycles. The molecule has 2 N–H and O–H groups in total. The number of hydrogen-bond acceptors (Lipinski definition) is 5. The van der Waals surface area contributed by atoms with Crippen molar-refractivity contribution in [1.82, 2.24) is 9.21 Å². The predicted octanol–water partition coefficient (Wildman–Crippen LogP) is 3.21. The van der Waals surface area contributed by atoms with Crippen LogP contribution in [0.5, 0.6) is 0 Å². The molecule has 1 aliphatic heterocycles. The van der Waals surface area contributed by atoms with E-state index in [-0.39, 0.29) is 29.8 Å². The average Bonchev–Trinajstić information content (AvgIpc) is 3.06. The van der Waals surface area contributed by atoms with Crippen LogP contribution >= 0.6 is 0 Å². The minimum absolute atomic E-state index is 0.0483. The number of halogens is 1. The molecule has 0 bridgehead atoms. The number of carbonyl (C=O) groups is 2. The average molecular weight is 491 g/mol. The van der Waals surface area contributed by atoms with Gasteiger partial charge in [0.1, 0.15) is 5.82 Å². The van der Waals surface area contributed by atoms with E-state index in [0.717, 1.165) is 25.7 Å². The van der Waals surface area contributed by atoms with Gasteiger partial charge in [-0.25, -0.2) is 12.8 Å². The number of benzene rings is 2. The first-order chi connectivity index (χ1) is 16.1. The predicted molar refractivity (Wildman–Crippen MR) is 130 cm³/mol. The van der Waals surface area contributed by atoms with Crippen molar-refractivity contribution in [3.8, 4) is 0 Å². The summed E-state index contributed by atoms with van der Waals surface area (Å²) in [6, 6.07) is 10.2. The van der Waals surface area contributed by atoms with Crippen LogP contribution in [0.4, 0.5) is 15.8 Å². The summed E-state index contributed by atoms with van der Waals surface area (Å²) in [5.74, 6) is -1.12. The van der Waals surface area contributed by atoms with Gasteiger partial charge >= 0.3 is 0 Å². The van der Waals surface area contributed by atoms with E-state index in [2.05, 4.69) is 10.6 Å². The first-order valence-corrected chi connectivity index (χ1v) is 12.7. The van der Waals surface area contributed by atoms with Crippen molar-refractivity contribution in [2.45, 2.75) is 37.5 Å². The molecule has 0 unspecified atom stereocenters. The third-order valence-corrected chi connectivity index (χ3v) is 7.65. The van der Waals surface area contributed by atoms with Crippen molar-refractivity contribution in [3.63, 3.8) is 0 Å². The third kappa shape index (κ3) is 7.09. The Labute approximate surface area is 200 Å². The van der Waals surface area contributed by atoms with Gasteiger partial charge in [0.15, 0.2) is 0 Å². The molecule has 0 spiro atoms. The van der Waals surface area contributed by atoms with Gasteiger partial charge in [-0.05, 0) is 68.8 Å². The molecule has 8 nitrogen and oxygen atoms in total. The van der Waals surface area contributed by atoms with Gasteiger partial charge in [-0.1, -0.05) is 18.9 Å². The Bertz CT molecular complexity index is 1110. The van der Waals surface area contributed by atoms with E-state index in [4.69, 9.17) is 0 Å². The zero-order valence-electron chi connectivity index (χ0n) is 19.5. The first-order valence-electron chi connectivity index (χ1n) is 11.3. The molecular formula is C24H31FN4O4S. The number of amides is 2. The highest BCUT2D eigenvalue weighted by Gasteiger charge is 2.27. The summed E-state index contributed by atoms with van der Waals surface area (Å²) >= 11 is 0. The molecule has 0 atom stereocenters. The van der Waals surface area contributed by atoms with Gasteiger partial charge in [-0.15, -0.1) is 0 Å². The summed E-state index contributed by atoms with van der Waals surface area (Å²) in [6.45, 7) is 2.63. The van der Waals surface area contributed by atoms with Crippen LogP contribution in [-0.2, 0) is 19.6 Å². The SMILES string of the molecule is Cc1ccc(NC(=O)CN(C)CC(=O)Nc2ccc(F)cc2)cc1S(=O)(=O)N1CCCCCC1. The van der Waals surface area contributed by atoms with Gasteiger partial charge in [0.05, 0.1) is 18.0 Å². The molecule has 0 radical (unpaired) electrons. The fourth-order valence-electron chi connectivity index (χ4n) is 3.86. The number of sulfonamides is 1. The topological polar surface area (TPSA) is 98.8 Å². The number of nitrogens with zero attached hydrogens (tertiary/aromatic N) is 2. The van der Waals surface area contributed by atoms with Crippen LogP contribution in [-0.4, -0.2) is 62.7 Å². The zero-order chi connectivity index (χ0) is 24.7. The summed E-state index contributed by atoms with van der Waals surface area (Å²) in [7, 11) is -2.03. The molecule has 1 fully saturated rings. The van der Waals surface area contributed by atoms with Gasteiger partial charge in [0, 0.05) is 24.5 Å². The molecule has 3 rings (SSSR count). The maximum Gasteiger partial charge on any atom is 0.243 e. The molecule has 1 saturated heterocycles. The lowest BCUT2D eigenvalue weighted by atomic mass is 10.2. The second-order valence-electron chi connectivity index (χ2n) is 8.57. The lowest BCUT2D eigenvalue weighted by molar-refractivity contribution is -0.119. The Balaban J connectivity index is 1.59. The van der Waals surface area contributed by atoms with Crippen LogP contribution in [0, 0.1) is 12.7 Å². The van der Waals surface area contributed by atoms with Crippen molar-refractivity contribution in [2.24, 2.45) is 0 Å². The molecule has 2 amide bonds. The van der Waals surface area contributed by atoms with Crippen LogP contribution in [0.15, 0.2) is 47.4 Å². The number of nitrogens with one attached hydrogen (secondary N) is 2. The van der Waals surface area contributed by atoms with Crippen LogP contribution in [0.3, 0.4) is 0 Å². The summed E-state index contributed by atoms with van der Waals surface area (Å²) in [5, 5.41) is 5.36. The number of hydrogen-bond donors (Lipinski definition) is 2. The molecule has 34 heavy (non-hydrogen) atoms. The van der Waals surface area contributed by atoms with Gasteiger partial charge in [0.2, 0.25) is 21.8 Å². The van der Waals surface area contributed by atoms with E-state index in [0.29, 0.717) is 30.0 Å². The minimum atomic E-state index is -3.65. The monoisotopic (exact) mass is 490 g/mol. The highest BCUT2D eigenvalue weighted by atomic mass is 32.2. The van der Waals surface area contributed by atoms with Gasteiger partial charge in [-0.2, -0.15) is 4.31 Å². The first kappa shape index (κ1) is 25.8. The number of aryl methyl sites for hydroxylation is 1. The Morgan fingerprint density at radius 3 is 2.03 bits per heavy atom. The Morgan fingerprint density at radius 2 is 1.44 bits per heavy atom. The van der Waals surface area contributed by atoms with Crippen molar-refractivity contribution in [1.29, 1.82) is 0 Å². The Morgan fingerprint density at radius 1 is 0.912 bits per heavy atom. The van der Waals surface area contributed by atoms with E-state index >= 15 is 0 Å². The largest absolute Gasteiger partial charge is 0.325 e. The number of carbonyl (C=O) groups excluding carboxylic acids is 2. The van der Waals surface area contributed by atoms with Gasteiger partial charge in [-0.3, -0.25) is 14.5 Å². The molecule has 2 aromatic carbocycles. The normalized spacial score (nSPS) is 15.1. The van der Waals surface area contributed by atoms with Crippen molar-refractivity contribution in [3.05, 3.63) is 53.8 Å². The third-order valence-electron chi connectivity index (χ3n) is 5.61. The van der Waals surface area contributed by atoms with E-state index in [9.17, 15) is 22.4 Å². The molecular weight excluding hydrogens is 459 g/mol. The van der Waals surface area contributed by atoms with Crippen molar-refractivity contribution >= 4 is 33.2 Å². The molecule has 2 aromatic rings. The van der Waals surface area contributed by atoms with Crippen molar-refractivity contribution < 1.29 is 22.4 Å². The molecule has 1 heterocycles. The molecule has 0 aromatic heterocycles. The number of rotatable bonds is 8. The molecule has 0 aliphatic carbocycles. The Kier molecular flexibility index (Phi) is 8.76. The number of likely N-dealkylation sites (N-methyl/N-ethyl adjacent to an activating group) is 1. The van der Waals surface area contributed by atoms with Crippen LogP contribution in [0.2, 0.25) is 0 Å². The second kappa shape index (κ2) is 11.5. The van der Waals surface area contributed by atoms with Crippen LogP contribution < -0.4 is 10.6 Å². The van der Waals surface area contributed by atoms with E-state index in [1.165, 1.54) is 39.5 Å². The highest BCUT2D eigenvalue weighted by molar-refractivity contribution is 7.89. The van der Waals surface area contributed by atoms with E-state index in [1.54, 1.807) is 26.1 Å². The van der Waals surface area contributed by atoms with E-state index in [1.807, 2.05) is 0 Å². The summed E-state index contributed by atoms with van der Waals surface area (Å²) in [6.07, 6.45) is 3.73. The summed E-state index contributed by atoms with van der Waals surface area (Å²) in [4.78, 5) is 26.4. The molecule has 1 aliphatic rings. The quantitative estimate of drug-likeness (QED) is 0.592. The molecule has 184 valence electrons. The fraction of sp³-hybridized carbons (Fsp3) is 0.417.